The molecule has 2 aliphatic heterocycles. The number of carbonyl (C=O) groups is 2. The zero-order valence-electron chi connectivity index (χ0n) is 13.4. The van der Waals surface area contributed by atoms with E-state index in [4.69, 9.17) is 0 Å². The number of hydrogen-bond acceptors (Lipinski definition) is 5. The number of fused-ring (bicyclic) bond motifs is 2. The van der Waals surface area contributed by atoms with E-state index >= 15 is 0 Å². The van der Waals surface area contributed by atoms with Crippen molar-refractivity contribution < 1.29 is 14.7 Å². The van der Waals surface area contributed by atoms with Gasteiger partial charge in [0.05, 0.1) is 0 Å². The van der Waals surface area contributed by atoms with Crippen molar-refractivity contribution in [3.8, 4) is 0 Å². The molecule has 2 aliphatic rings. The normalized spacial score (nSPS) is 27.4. The second kappa shape index (κ2) is 5.27. The van der Waals surface area contributed by atoms with E-state index in [1.165, 1.54) is 0 Å². The minimum Gasteiger partial charge on any atom is -0.481 e. The first kappa shape index (κ1) is 15.1. The van der Waals surface area contributed by atoms with Crippen LogP contribution in [0.5, 0.6) is 0 Å². The Morgan fingerprint density at radius 2 is 2.08 bits per heavy atom. The maximum Gasteiger partial charge on any atom is 0.313 e. The molecule has 0 radical (unpaired) electrons. The molecule has 2 fully saturated rings. The summed E-state index contributed by atoms with van der Waals surface area (Å²) in [7, 11) is 1.93. The van der Waals surface area contributed by atoms with E-state index in [0.717, 1.165) is 13.0 Å². The number of nitrogens with one attached hydrogen (secondary N) is 1. The first-order chi connectivity index (χ1) is 11.5. The molecule has 2 N–H and O–H groups in total. The highest BCUT2D eigenvalue weighted by atomic mass is 16.4. The standard InChI is InChI=1S/C16H19N5O3/c1-20-5-4-11-7-21(9-16(11,8-20)15(23)24)14(22)10-2-3-12-13(6-10)18-19-17-12/h2-3,6,11H,4-5,7-9H2,1H3,(H,23,24)(H,17,18,19)/t11-,16-/m0/s1. The monoisotopic (exact) mass is 329 g/mol. The van der Waals surface area contributed by atoms with Gasteiger partial charge in [0, 0.05) is 25.2 Å². The van der Waals surface area contributed by atoms with Gasteiger partial charge in [0.2, 0.25) is 0 Å². The van der Waals surface area contributed by atoms with Gasteiger partial charge in [0.25, 0.3) is 5.91 Å². The Bertz CT molecular complexity index is 819. The second-order valence-electron chi connectivity index (χ2n) is 6.90. The highest BCUT2D eigenvalue weighted by molar-refractivity contribution is 5.98. The number of amides is 1. The molecule has 0 spiro atoms. The SMILES string of the molecule is CN1CC[C@H]2CN(C(=O)c3ccc4n[nH]nc4c3)C[C@@]2(C(=O)O)C1. The van der Waals surface area contributed by atoms with Gasteiger partial charge in [0.1, 0.15) is 16.4 Å². The quantitative estimate of drug-likeness (QED) is 0.829. The topological polar surface area (TPSA) is 102 Å². The molecule has 8 nitrogen and oxygen atoms in total. The largest absolute Gasteiger partial charge is 0.481 e. The van der Waals surface area contributed by atoms with E-state index in [1.807, 2.05) is 11.9 Å². The molecule has 0 aliphatic carbocycles. The molecule has 1 aromatic carbocycles. The van der Waals surface area contributed by atoms with Crippen LogP contribution in [0.4, 0.5) is 0 Å². The van der Waals surface area contributed by atoms with Crippen LogP contribution in [0.15, 0.2) is 18.2 Å². The van der Waals surface area contributed by atoms with Crippen molar-refractivity contribution in [2.45, 2.75) is 6.42 Å². The Morgan fingerprint density at radius 3 is 2.88 bits per heavy atom. The lowest BCUT2D eigenvalue weighted by atomic mass is 9.73. The average molecular weight is 329 g/mol. The van der Waals surface area contributed by atoms with E-state index in [0.29, 0.717) is 29.7 Å². The molecule has 0 saturated carbocycles. The van der Waals surface area contributed by atoms with E-state index < -0.39 is 11.4 Å². The van der Waals surface area contributed by atoms with Gasteiger partial charge in [-0.3, -0.25) is 9.59 Å². The van der Waals surface area contributed by atoms with E-state index in [-0.39, 0.29) is 18.4 Å². The number of aliphatic carboxylic acids is 1. The third-order valence-electron chi connectivity index (χ3n) is 5.38. The maximum atomic E-state index is 12.9. The number of H-pyrrole nitrogens is 1. The molecule has 2 saturated heterocycles. The molecule has 2 atom stereocenters. The Labute approximate surface area is 138 Å². The summed E-state index contributed by atoms with van der Waals surface area (Å²) in [5.74, 6) is -0.940. The van der Waals surface area contributed by atoms with E-state index in [2.05, 4.69) is 15.4 Å². The van der Waals surface area contributed by atoms with Crippen LogP contribution in [0, 0.1) is 11.3 Å². The molecule has 1 aromatic heterocycles. The average Bonchev–Trinajstić information content (AvgIpc) is 3.17. The van der Waals surface area contributed by atoms with Gasteiger partial charge in [0.15, 0.2) is 0 Å². The van der Waals surface area contributed by atoms with Crippen molar-refractivity contribution >= 4 is 22.9 Å². The van der Waals surface area contributed by atoms with Crippen molar-refractivity contribution in [3.05, 3.63) is 23.8 Å². The van der Waals surface area contributed by atoms with Gasteiger partial charge in [-0.1, -0.05) is 0 Å². The Balaban J connectivity index is 1.63. The minimum atomic E-state index is -0.860. The Kier molecular flexibility index (Phi) is 3.31. The Hall–Kier alpha value is -2.48. The van der Waals surface area contributed by atoms with Crippen molar-refractivity contribution in [1.82, 2.24) is 25.2 Å². The molecule has 4 rings (SSSR count). The summed E-state index contributed by atoms with van der Waals surface area (Å²) in [5.41, 5.74) is 0.986. The smallest absolute Gasteiger partial charge is 0.313 e. The Morgan fingerprint density at radius 1 is 1.29 bits per heavy atom. The summed E-state index contributed by atoms with van der Waals surface area (Å²) in [6, 6.07) is 5.16. The first-order valence-electron chi connectivity index (χ1n) is 8.01. The third-order valence-corrected chi connectivity index (χ3v) is 5.38. The predicted molar refractivity (Wildman–Crippen MR) is 85.5 cm³/mol. The van der Waals surface area contributed by atoms with E-state index in [1.54, 1.807) is 23.1 Å². The van der Waals surface area contributed by atoms with Crippen LogP contribution in [0.1, 0.15) is 16.8 Å². The van der Waals surface area contributed by atoms with Crippen LogP contribution in [-0.4, -0.2) is 75.4 Å². The third kappa shape index (κ3) is 2.17. The highest BCUT2D eigenvalue weighted by Gasteiger charge is 2.55. The number of carboxylic acids is 1. The van der Waals surface area contributed by atoms with Crippen LogP contribution in [0.25, 0.3) is 11.0 Å². The van der Waals surface area contributed by atoms with Gasteiger partial charge >= 0.3 is 5.97 Å². The number of aromatic amines is 1. The molecule has 0 bridgehead atoms. The zero-order chi connectivity index (χ0) is 16.9. The predicted octanol–water partition coefficient (Wildman–Crippen LogP) is 0.436. The van der Waals surface area contributed by atoms with Crippen LogP contribution in [-0.2, 0) is 4.79 Å². The molecule has 126 valence electrons. The number of carboxylic acid groups (broad SMARTS) is 1. The number of carbonyl (C=O) groups excluding carboxylic acids is 1. The highest BCUT2D eigenvalue weighted by Crippen LogP contribution is 2.42. The number of aromatic nitrogens is 3. The van der Waals surface area contributed by atoms with Gasteiger partial charge in [-0.2, -0.15) is 15.4 Å². The van der Waals surface area contributed by atoms with Crippen LogP contribution < -0.4 is 0 Å². The summed E-state index contributed by atoms with van der Waals surface area (Å²) in [6.45, 7) is 2.11. The summed E-state index contributed by atoms with van der Waals surface area (Å²) in [4.78, 5) is 28.5. The van der Waals surface area contributed by atoms with Crippen molar-refractivity contribution in [1.29, 1.82) is 0 Å². The fourth-order valence-electron chi connectivity index (χ4n) is 4.08. The first-order valence-corrected chi connectivity index (χ1v) is 8.01. The van der Waals surface area contributed by atoms with Crippen molar-refractivity contribution in [3.63, 3.8) is 0 Å². The second-order valence-corrected chi connectivity index (χ2v) is 6.90. The summed E-state index contributed by atoms with van der Waals surface area (Å²) >= 11 is 0. The lowest BCUT2D eigenvalue weighted by Gasteiger charge is -2.39. The molecule has 3 heterocycles. The van der Waals surface area contributed by atoms with Crippen LogP contribution in [0.2, 0.25) is 0 Å². The summed E-state index contributed by atoms with van der Waals surface area (Å²) in [6.07, 6.45) is 0.800. The summed E-state index contributed by atoms with van der Waals surface area (Å²) < 4.78 is 0. The number of rotatable bonds is 2. The fraction of sp³-hybridized carbons (Fsp3) is 0.500. The van der Waals surface area contributed by atoms with Gasteiger partial charge in [-0.15, -0.1) is 0 Å². The fourth-order valence-corrected chi connectivity index (χ4v) is 4.08. The summed E-state index contributed by atoms with van der Waals surface area (Å²) in [5, 5.41) is 20.3. The minimum absolute atomic E-state index is 0.00549. The number of piperidine rings is 1. The van der Waals surface area contributed by atoms with Crippen molar-refractivity contribution in [2.75, 3.05) is 33.2 Å². The molecule has 2 aromatic rings. The number of nitrogens with zero attached hydrogens (tertiary/aromatic N) is 4. The lowest BCUT2D eigenvalue weighted by molar-refractivity contribution is -0.153. The van der Waals surface area contributed by atoms with Gasteiger partial charge in [-0.25, -0.2) is 0 Å². The maximum absolute atomic E-state index is 12.9. The van der Waals surface area contributed by atoms with Crippen LogP contribution in [0.3, 0.4) is 0 Å². The molecular weight excluding hydrogens is 310 g/mol. The van der Waals surface area contributed by atoms with Crippen molar-refractivity contribution in [2.24, 2.45) is 11.3 Å². The zero-order valence-corrected chi connectivity index (χ0v) is 13.4. The molecule has 1 amide bonds. The molecule has 0 unspecified atom stereocenters. The number of hydrogen-bond donors (Lipinski definition) is 2. The molecule has 24 heavy (non-hydrogen) atoms. The van der Waals surface area contributed by atoms with E-state index in [9.17, 15) is 14.7 Å². The lowest BCUT2D eigenvalue weighted by Crippen LogP contribution is -2.52. The van der Waals surface area contributed by atoms with Crippen LogP contribution >= 0.6 is 0 Å². The number of likely N-dealkylation sites (tertiary alicyclic amines) is 2. The molecule has 8 heteroatoms. The number of benzene rings is 1. The van der Waals surface area contributed by atoms with Gasteiger partial charge < -0.3 is 14.9 Å². The van der Waals surface area contributed by atoms with Gasteiger partial charge in [-0.05, 0) is 44.1 Å². The molecular formula is C16H19N5O3.